The van der Waals surface area contributed by atoms with Crippen LogP contribution in [0.3, 0.4) is 0 Å². The van der Waals surface area contributed by atoms with Crippen LogP contribution in [0.1, 0.15) is 11.8 Å². The maximum Gasteiger partial charge on any atom is 0.258 e. The van der Waals surface area contributed by atoms with Gasteiger partial charge in [-0.1, -0.05) is 6.07 Å². The highest BCUT2D eigenvalue weighted by Gasteiger charge is 2.17. The second-order valence-electron chi connectivity index (χ2n) is 6.33. The lowest BCUT2D eigenvalue weighted by Gasteiger charge is -2.22. The first kappa shape index (κ1) is 19.4. The van der Waals surface area contributed by atoms with E-state index >= 15 is 0 Å². The Morgan fingerprint density at radius 1 is 1.11 bits per heavy atom. The maximum absolute atomic E-state index is 12.1. The van der Waals surface area contributed by atoms with Crippen molar-refractivity contribution in [3.05, 3.63) is 72.8 Å². The van der Waals surface area contributed by atoms with Crippen LogP contribution >= 0.6 is 0 Å². The lowest BCUT2D eigenvalue weighted by atomic mass is 10.2. The number of amides is 1. The Morgan fingerprint density at radius 3 is 2.54 bits per heavy atom. The lowest BCUT2D eigenvalue weighted by Crippen LogP contribution is -2.36. The first-order chi connectivity index (χ1) is 13.6. The minimum atomic E-state index is -0.202. The molecule has 0 saturated carbocycles. The van der Waals surface area contributed by atoms with Crippen LogP contribution in [-0.4, -0.2) is 43.0 Å². The molecule has 28 heavy (non-hydrogen) atoms. The van der Waals surface area contributed by atoms with Gasteiger partial charge in [-0.05, 0) is 56.6 Å². The Morgan fingerprint density at radius 2 is 1.89 bits per heavy atom. The molecule has 3 rings (SSSR count). The highest BCUT2D eigenvalue weighted by atomic mass is 16.5. The van der Waals surface area contributed by atoms with Gasteiger partial charge in [0.15, 0.2) is 6.61 Å². The van der Waals surface area contributed by atoms with Crippen LogP contribution in [-0.2, 0) is 4.79 Å². The fourth-order valence-electron chi connectivity index (χ4n) is 2.56. The minimum absolute atomic E-state index is 0.0398. The third-order valence-corrected chi connectivity index (χ3v) is 4.04. The van der Waals surface area contributed by atoms with E-state index in [0.717, 1.165) is 5.76 Å². The Labute approximate surface area is 163 Å². The Balaban J connectivity index is 1.45. The fourth-order valence-corrected chi connectivity index (χ4v) is 2.56. The summed E-state index contributed by atoms with van der Waals surface area (Å²) in [5, 5.41) is 2.87. The van der Waals surface area contributed by atoms with Crippen molar-refractivity contribution < 1.29 is 18.7 Å². The first-order valence-corrected chi connectivity index (χ1v) is 8.90. The van der Waals surface area contributed by atoms with Gasteiger partial charge in [-0.15, -0.1) is 0 Å². The van der Waals surface area contributed by atoms with Gasteiger partial charge < -0.3 is 19.2 Å². The molecule has 0 radical (unpaired) electrons. The number of ether oxygens (including phenoxy) is 2. The van der Waals surface area contributed by atoms with E-state index in [1.165, 1.54) is 0 Å². The number of nitrogens with one attached hydrogen (secondary N) is 1. The van der Waals surface area contributed by atoms with Crippen LogP contribution in [0.25, 0.3) is 0 Å². The van der Waals surface area contributed by atoms with E-state index in [1.807, 2.05) is 43.3 Å². The molecule has 2 aromatic heterocycles. The fraction of sp³-hybridized carbons (Fsp3) is 0.238. The summed E-state index contributed by atoms with van der Waals surface area (Å²) in [4.78, 5) is 18.2. The van der Waals surface area contributed by atoms with Crippen molar-refractivity contribution in [2.45, 2.75) is 6.04 Å². The number of hydrogen-bond acceptors (Lipinski definition) is 6. The SMILES string of the molecule is CN(C)C(CNC(=O)COc1ccc(Oc2ccccn2)cc1)c1ccco1. The zero-order valence-corrected chi connectivity index (χ0v) is 15.9. The van der Waals surface area contributed by atoms with Crippen molar-refractivity contribution in [1.82, 2.24) is 15.2 Å². The van der Waals surface area contributed by atoms with Crippen LogP contribution < -0.4 is 14.8 Å². The van der Waals surface area contributed by atoms with E-state index < -0.39 is 0 Å². The molecule has 146 valence electrons. The average Bonchev–Trinajstić information content (AvgIpc) is 3.22. The van der Waals surface area contributed by atoms with Crippen molar-refractivity contribution in [3.63, 3.8) is 0 Å². The summed E-state index contributed by atoms with van der Waals surface area (Å²) in [7, 11) is 3.87. The normalized spacial score (nSPS) is 11.8. The maximum atomic E-state index is 12.1. The second-order valence-corrected chi connectivity index (χ2v) is 6.33. The molecule has 1 atom stereocenters. The predicted octanol–water partition coefficient (Wildman–Crippen LogP) is 3.26. The number of furan rings is 1. The van der Waals surface area contributed by atoms with Crippen LogP contribution in [0.2, 0.25) is 0 Å². The molecule has 2 heterocycles. The zero-order valence-electron chi connectivity index (χ0n) is 15.9. The molecule has 0 spiro atoms. The summed E-state index contributed by atoms with van der Waals surface area (Å²) in [6.07, 6.45) is 3.29. The topological polar surface area (TPSA) is 76.8 Å². The third-order valence-electron chi connectivity index (χ3n) is 4.04. The monoisotopic (exact) mass is 381 g/mol. The molecular formula is C21H23N3O4. The van der Waals surface area contributed by atoms with Gasteiger partial charge in [-0.25, -0.2) is 4.98 Å². The largest absolute Gasteiger partial charge is 0.484 e. The van der Waals surface area contributed by atoms with E-state index in [2.05, 4.69) is 10.3 Å². The molecule has 0 saturated heterocycles. The molecular weight excluding hydrogens is 358 g/mol. The van der Waals surface area contributed by atoms with E-state index in [0.29, 0.717) is 23.9 Å². The molecule has 0 aliphatic heterocycles. The highest BCUT2D eigenvalue weighted by Crippen LogP contribution is 2.22. The van der Waals surface area contributed by atoms with Gasteiger partial charge in [-0.2, -0.15) is 0 Å². The number of pyridine rings is 1. The second kappa shape index (κ2) is 9.57. The number of nitrogens with zero attached hydrogens (tertiary/aromatic N) is 2. The summed E-state index contributed by atoms with van der Waals surface area (Å²) in [6, 6.07) is 16.2. The summed E-state index contributed by atoms with van der Waals surface area (Å²) < 4.78 is 16.6. The summed E-state index contributed by atoms with van der Waals surface area (Å²) in [6.45, 7) is 0.359. The molecule has 3 aromatic rings. The smallest absolute Gasteiger partial charge is 0.258 e. The predicted molar refractivity (Wildman–Crippen MR) is 104 cm³/mol. The Kier molecular flexibility index (Phi) is 6.64. The molecule has 1 N–H and O–H groups in total. The van der Waals surface area contributed by atoms with Gasteiger partial charge in [-0.3, -0.25) is 9.69 Å². The molecule has 7 nitrogen and oxygen atoms in total. The first-order valence-electron chi connectivity index (χ1n) is 8.90. The molecule has 0 fully saturated rings. The highest BCUT2D eigenvalue weighted by molar-refractivity contribution is 5.77. The number of benzene rings is 1. The minimum Gasteiger partial charge on any atom is -0.484 e. The number of likely N-dealkylation sites (N-methyl/N-ethyl adjacent to an activating group) is 1. The van der Waals surface area contributed by atoms with Crippen LogP contribution in [0.15, 0.2) is 71.5 Å². The number of carbonyl (C=O) groups is 1. The average molecular weight is 381 g/mol. The van der Waals surface area contributed by atoms with Crippen LogP contribution in [0, 0.1) is 0 Å². The van der Waals surface area contributed by atoms with Gasteiger partial charge in [0.25, 0.3) is 5.91 Å². The number of hydrogen-bond donors (Lipinski definition) is 1. The number of rotatable bonds is 9. The molecule has 0 bridgehead atoms. The van der Waals surface area contributed by atoms with E-state index in [1.54, 1.807) is 42.8 Å². The van der Waals surface area contributed by atoms with Gasteiger partial charge in [0.05, 0.1) is 12.3 Å². The van der Waals surface area contributed by atoms with E-state index in [9.17, 15) is 4.79 Å². The van der Waals surface area contributed by atoms with Crippen molar-refractivity contribution in [1.29, 1.82) is 0 Å². The zero-order chi connectivity index (χ0) is 19.8. The molecule has 7 heteroatoms. The van der Waals surface area contributed by atoms with Crippen LogP contribution in [0.5, 0.6) is 17.4 Å². The summed E-state index contributed by atoms with van der Waals surface area (Å²) >= 11 is 0. The molecule has 0 aliphatic carbocycles. The van der Waals surface area contributed by atoms with Gasteiger partial charge in [0.2, 0.25) is 5.88 Å². The molecule has 1 amide bonds. The van der Waals surface area contributed by atoms with Crippen LogP contribution in [0.4, 0.5) is 0 Å². The number of aromatic nitrogens is 1. The van der Waals surface area contributed by atoms with Crippen molar-refractivity contribution in [2.24, 2.45) is 0 Å². The third kappa shape index (κ3) is 5.59. The quantitative estimate of drug-likeness (QED) is 0.613. The van der Waals surface area contributed by atoms with Gasteiger partial charge in [0.1, 0.15) is 17.3 Å². The van der Waals surface area contributed by atoms with Gasteiger partial charge in [0, 0.05) is 18.8 Å². The standard InChI is InChI=1S/C21H23N3O4/c1-24(2)18(19-6-5-13-26-19)14-23-20(25)15-27-16-8-10-17(11-9-16)28-21-7-3-4-12-22-21/h3-13,18H,14-15H2,1-2H3,(H,23,25). The Bertz CT molecular complexity index is 849. The Hall–Kier alpha value is -3.32. The van der Waals surface area contributed by atoms with Crippen molar-refractivity contribution in [3.8, 4) is 17.4 Å². The summed E-state index contributed by atoms with van der Waals surface area (Å²) in [5.74, 6) is 2.34. The summed E-state index contributed by atoms with van der Waals surface area (Å²) in [5.41, 5.74) is 0. The van der Waals surface area contributed by atoms with Crippen molar-refractivity contribution >= 4 is 5.91 Å². The van der Waals surface area contributed by atoms with E-state index in [4.69, 9.17) is 13.9 Å². The number of carbonyl (C=O) groups excluding carboxylic acids is 1. The van der Waals surface area contributed by atoms with Crippen molar-refractivity contribution in [2.75, 3.05) is 27.2 Å². The molecule has 1 unspecified atom stereocenters. The van der Waals surface area contributed by atoms with E-state index in [-0.39, 0.29) is 18.6 Å². The lowest BCUT2D eigenvalue weighted by molar-refractivity contribution is -0.123. The van der Waals surface area contributed by atoms with Gasteiger partial charge >= 0.3 is 0 Å². The molecule has 0 aliphatic rings. The molecule has 1 aromatic carbocycles.